The maximum atomic E-state index is 12.6. The van der Waals surface area contributed by atoms with Gasteiger partial charge in [-0.25, -0.2) is 9.78 Å². The zero-order valence-corrected chi connectivity index (χ0v) is 16.7. The van der Waals surface area contributed by atoms with Gasteiger partial charge >= 0.3 is 12.3 Å². The predicted molar refractivity (Wildman–Crippen MR) is 104 cm³/mol. The van der Waals surface area contributed by atoms with Gasteiger partial charge in [0.05, 0.1) is 5.56 Å². The predicted octanol–water partition coefficient (Wildman–Crippen LogP) is 3.68. The molecule has 0 aliphatic heterocycles. The highest BCUT2D eigenvalue weighted by molar-refractivity contribution is 5.86. The summed E-state index contributed by atoms with van der Waals surface area (Å²) < 4.78 is 43.0. The van der Waals surface area contributed by atoms with Crippen molar-refractivity contribution >= 4 is 17.8 Å². The molecule has 0 aliphatic rings. The van der Waals surface area contributed by atoms with Crippen LogP contribution in [-0.4, -0.2) is 28.6 Å². The monoisotopic (exact) mass is 424 g/mol. The van der Waals surface area contributed by atoms with Gasteiger partial charge in [-0.15, -0.1) is 0 Å². The summed E-state index contributed by atoms with van der Waals surface area (Å²) in [5.74, 6) is -0.613. The number of ether oxygens (including phenoxy) is 1. The molecule has 0 bridgehead atoms. The molecule has 3 N–H and O–H groups in total. The number of hydrogen-bond donors (Lipinski definition) is 3. The van der Waals surface area contributed by atoms with E-state index in [0.717, 1.165) is 17.7 Å². The van der Waals surface area contributed by atoms with E-state index < -0.39 is 35.4 Å². The molecule has 0 spiro atoms. The largest absolute Gasteiger partial charge is 0.444 e. The van der Waals surface area contributed by atoms with Crippen LogP contribution in [0, 0.1) is 0 Å². The van der Waals surface area contributed by atoms with Gasteiger partial charge < -0.3 is 10.1 Å². The number of halogens is 3. The van der Waals surface area contributed by atoms with Crippen LogP contribution in [0.2, 0.25) is 0 Å². The van der Waals surface area contributed by atoms with Crippen molar-refractivity contribution < 1.29 is 27.5 Å². The number of benzene rings is 1. The molecule has 1 heterocycles. The second-order valence-electron chi connectivity index (χ2n) is 7.43. The summed E-state index contributed by atoms with van der Waals surface area (Å²) in [4.78, 5) is 28.3. The highest BCUT2D eigenvalue weighted by atomic mass is 19.4. The number of aromatic nitrogens is 1. The second-order valence-corrected chi connectivity index (χ2v) is 7.43. The molecule has 2 rings (SSSR count). The van der Waals surface area contributed by atoms with Crippen LogP contribution in [0.25, 0.3) is 0 Å². The van der Waals surface area contributed by atoms with Crippen molar-refractivity contribution in [1.82, 2.24) is 15.7 Å². The Bertz CT molecular complexity index is 850. The summed E-state index contributed by atoms with van der Waals surface area (Å²) in [6.45, 7) is 5.07. The van der Waals surface area contributed by atoms with Crippen LogP contribution >= 0.6 is 0 Å². The number of carbonyl (C=O) groups excluding carboxylic acids is 2. The SMILES string of the molecule is CC(C)(C)OC(=O)N[C@@H](Cc1ccccc1)C(=O)NNc1ccc(C(F)(F)F)cn1. The van der Waals surface area contributed by atoms with Gasteiger partial charge in [-0.1, -0.05) is 30.3 Å². The normalized spacial score (nSPS) is 12.6. The van der Waals surface area contributed by atoms with Gasteiger partial charge in [-0.2, -0.15) is 13.2 Å². The van der Waals surface area contributed by atoms with Gasteiger partial charge in [0, 0.05) is 12.6 Å². The molecule has 10 heteroatoms. The quantitative estimate of drug-likeness (QED) is 0.616. The molecule has 0 saturated carbocycles. The average Bonchev–Trinajstić information content (AvgIpc) is 2.64. The Labute approximate surface area is 172 Å². The lowest BCUT2D eigenvalue weighted by Crippen LogP contribution is -2.50. The van der Waals surface area contributed by atoms with E-state index in [1.165, 1.54) is 0 Å². The average molecular weight is 424 g/mol. The topological polar surface area (TPSA) is 92.3 Å². The van der Waals surface area contributed by atoms with Crippen molar-refractivity contribution in [3.05, 3.63) is 59.8 Å². The van der Waals surface area contributed by atoms with Crippen LogP contribution in [0.15, 0.2) is 48.7 Å². The van der Waals surface area contributed by atoms with Crippen LogP contribution in [0.1, 0.15) is 31.9 Å². The van der Waals surface area contributed by atoms with Crippen LogP contribution in [-0.2, 0) is 22.1 Å². The third-order valence-electron chi connectivity index (χ3n) is 3.69. The van der Waals surface area contributed by atoms with Crippen LogP contribution in [0.4, 0.5) is 23.8 Å². The summed E-state index contributed by atoms with van der Waals surface area (Å²) in [6, 6.07) is 9.91. The maximum absolute atomic E-state index is 12.6. The minimum absolute atomic E-state index is 0.00655. The molecule has 1 atom stereocenters. The fraction of sp³-hybridized carbons (Fsp3) is 0.350. The summed E-state index contributed by atoms with van der Waals surface area (Å²) in [5.41, 5.74) is 3.92. The summed E-state index contributed by atoms with van der Waals surface area (Å²) in [5, 5.41) is 2.50. The van der Waals surface area contributed by atoms with E-state index in [-0.39, 0.29) is 12.2 Å². The first-order valence-electron chi connectivity index (χ1n) is 9.06. The first kappa shape index (κ1) is 23.0. The number of anilines is 1. The van der Waals surface area contributed by atoms with Crippen LogP contribution in [0.5, 0.6) is 0 Å². The Hall–Kier alpha value is -3.30. The Morgan fingerprint density at radius 3 is 2.27 bits per heavy atom. The molecule has 0 aliphatic carbocycles. The summed E-state index contributed by atoms with van der Waals surface area (Å²) in [7, 11) is 0. The molecular formula is C20H23F3N4O3. The van der Waals surface area contributed by atoms with Gasteiger partial charge in [0.2, 0.25) is 0 Å². The number of hydrazine groups is 1. The van der Waals surface area contributed by atoms with Crippen molar-refractivity contribution in [3.63, 3.8) is 0 Å². The number of carbonyl (C=O) groups is 2. The Morgan fingerprint density at radius 1 is 1.07 bits per heavy atom. The van der Waals surface area contributed by atoms with Crippen molar-refractivity contribution in [1.29, 1.82) is 0 Å². The number of nitrogens with zero attached hydrogens (tertiary/aromatic N) is 1. The van der Waals surface area contributed by atoms with Crippen LogP contribution in [0.3, 0.4) is 0 Å². The molecule has 1 aromatic carbocycles. The molecule has 30 heavy (non-hydrogen) atoms. The lowest BCUT2D eigenvalue weighted by molar-refractivity contribution is -0.137. The van der Waals surface area contributed by atoms with Crippen molar-refractivity contribution in [2.45, 2.75) is 45.0 Å². The van der Waals surface area contributed by atoms with Gasteiger partial charge in [0.15, 0.2) is 0 Å². The van der Waals surface area contributed by atoms with Crippen molar-refractivity contribution in [2.75, 3.05) is 5.43 Å². The van der Waals surface area contributed by atoms with Gasteiger partial charge in [0.25, 0.3) is 5.91 Å². The van der Waals surface area contributed by atoms with Crippen molar-refractivity contribution in [3.8, 4) is 0 Å². The number of amides is 2. The Balaban J connectivity index is 2.05. The fourth-order valence-corrected chi connectivity index (χ4v) is 2.36. The third-order valence-corrected chi connectivity index (χ3v) is 3.69. The minimum Gasteiger partial charge on any atom is -0.444 e. The lowest BCUT2D eigenvalue weighted by Gasteiger charge is -2.23. The molecule has 0 fully saturated rings. The molecule has 0 unspecified atom stereocenters. The number of pyridine rings is 1. The van der Waals surface area contributed by atoms with E-state index >= 15 is 0 Å². The first-order chi connectivity index (χ1) is 13.9. The summed E-state index contributed by atoms with van der Waals surface area (Å²) in [6.07, 6.45) is -4.46. The van der Waals surface area contributed by atoms with Gasteiger partial charge in [-0.3, -0.25) is 15.6 Å². The molecule has 2 amide bonds. The van der Waals surface area contributed by atoms with Crippen LogP contribution < -0.4 is 16.2 Å². The van der Waals surface area contributed by atoms with Gasteiger partial charge in [-0.05, 0) is 38.5 Å². The standard InChI is InChI=1S/C20H23F3N4O3/c1-19(2,3)30-18(29)25-15(11-13-7-5-4-6-8-13)17(28)27-26-16-10-9-14(12-24-16)20(21,22)23/h4-10,12,15H,11H2,1-3H3,(H,24,26)(H,25,29)(H,27,28)/t15-/m0/s1. The summed E-state index contributed by atoms with van der Waals surface area (Å²) >= 11 is 0. The van der Waals surface area contributed by atoms with E-state index in [0.29, 0.717) is 6.20 Å². The number of alkyl carbamates (subject to hydrolysis) is 1. The van der Waals surface area contributed by atoms with Gasteiger partial charge in [0.1, 0.15) is 17.5 Å². The first-order valence-corrected chi connectivity index (χ1v) is 9.06. The molecule has 1 aromatic heterocycles. The molecule has 0 saturated heterocycles. The third kappa shape index (κ3) is 7.61. The molecule has 0 radical (unpaired) electrons. The number of hydrogen-bond acceptors (Lipinski definition) is 5. The Morgan fingerprint density at radius 2 is 1.73 bits per heavy atom. The molecule has 162 valence electrons. The minimum atomic E-state index is -4.51. The molecule has 7 nitrogen and oxygen atoms in total. The lowest BCUT2D eigenvalue weighted by atomic mass is 10.1. The fourth-order valence-electron chi connectivity index (χ4n) is 2.36. The highest BCUT2D eigenvalue weighted by Crippen LogP contribution is 2.28. The number of nitrogens with one attached hydrogen (secondary N) is 3. The van der Waals surface area contributed by atoms with E-state index in [1.54, 1.807) is 45.0 Å². The van der Waals surface area contributed by atoms with Crippen molar-refractivity contribution in [2.24, 2.45) is 0 Å². The van der Waals surface area contributed by atoms with E-state index in [2.05, 4.69) is 21.2 Å². The van der Waals surface area contributed by atoms with E-state index in [4.69, 9.17) is 4.74 Å². The molecule has 2 aromatic rings. The smallest absolute Gasteiger partial charge is 0.417 e. The maximum Gasteiger partial charge on any atom is 0.417 e. The molecular weight excluding hydrogens is 401 g/mol. The number of rotatable bonds is 6. The zero-order chi connectivity index (χ0) is 22.4. The Kier molecular flexibility index (Phi) is 7.25. The second kappa shape index (κ2) is 9.47. The zero-order valence-electron chi connectivity index (χ0n) is 16.7. The highest BCUT2D eigenvalue weighted by Gasteiger charge is 2.30. The number of alkyl halides is 3. The van der Waals surface area contributed by atoms with E-state index in [1.807, 2.05) is 6.07 Å². The van der Waals surface area contributed by atoms with E-state index in [9.17, 15) is 22.8 Å².